The van der Waals surface area contributed by atoms with Crippen LogP contribution in [0.25, 0.3) is 0 Å². The third-order valence-electron chi connectivity index (χ3n) is 5.49. The van der Waals surface area contributed by atoms with Crippen molar-refractivity contribution in [2.75, 3.05) is 43.6 Å². The highest BCUT2D eigenvalue weighted by Crippen LogP contribution is 2.27. The molecular weight excluding hydrogens is 422 g/mol. The van der Waals surface area contributed by atoms with E-state index in [4.69, 9.17) is 9.47 Å². The summed E-state index contributed by atoms with van der Waals surface area (Å²) in [6.07, 6.45) is 0.920. The van der Waals surface area contributed by atoms with Crippen LogP contribution in [0.2, 0.25) is 0 Å². The van der Waals surface area contributed by atoms with Crippen molar-refractivity contribution in [3.05, 3.63) is 53.6 Å². The Morgan fingerprint density at radius 3 is 2.58 bits per heavy atom. The maximum Gasteiger partial charge on any atom is 0.262 e. The topological polar surface area (TPSA) is 97.0 Å². The number of rotatable bonds is 10. The van der Waals surface area contributed by atoms with Gasteiger partial charge in [-0.05, 0) is 56.2 Å². The summed E-state index contributed by atoms with van der Waals surface area (Å²) >= 11 is 0. The summed E-state index contributed by atoms with van der Waals surface area (Å²) in [5.41, 5.74) is 3.58. The molecule has 0 spiro atoms. The van der Waals surface area contributed by atoms with Crippen molar-refractivity contribution in [1.29, 1.82) is 0 Å². The lowest BCUT2D eigenvalue weighted by Gasteiger charge is -2.17. The van der Waals surface area contributed by atoms with Gasteiger partial charge >= 0.3 is 0 Å². The van der Waals surface area contributed by atoms with E-state index in [1.54, 1.807) is 36.3 Å². The van der Waals surface area contributed by atoms with Gasteiger partial charge in [0.15, 0.2) is 6.61 Å². The van der Waals surface area contributed by atoms with Gasteiger partial charge in [-0.25, -0.2) is 0 Å². The molecule has 1 heterocycles. The van der Waals surface area contributed by atoms with Crippen LogP contribution in [0.1, 0.15) is 24.0 Å². The predicted octanol–water partition coefficient (Wildman–Crippen LogP) is 2.83. The van der Waals surface area contributed by atoms with E-state index >= 15 is 0 Å². The Bertz CT molecular complexity index is 990. The summed E-state index contributed by atoms with van der Waals surface area (Å²) in [6, 6.07) is 12.8. The van der Waals surface area contributed by atoms with Crippen LogP contribution in [-0.4, -0.2) is 51.1 Å². The minimum absolute atomic E-state index is 0.0893. The summed E-state index contributed by atoms with van der Waals surface area (Å²) in [6.45, 7) is 5.27. The first-order valence-electron chi connectivity index (χ1n) is 11.0. The highest BCUT2D eigenvalue weighted by molar-refractivity contribution is 6.00. The molecule has 2 aromatic carbocycles. The SMILES string of the molecule is COCCCNC(=O)[C@@H]1CC(=O)N(c2ccc(OCC(=O)Nc3ccc(C)cc3C)cc2)C1. The molecule has 2 aromatic rings. The molecule has 8 nitrogen and oxygen atoms in total. The lowest BCUT2D eigenvalue weighted by Crippen LogP contribution is -2.33. The Morgan fingerprint density at radius 1 is 1.12 bits per heavy atom. The average Bonchev–Trinajstić information content (AvgIpc) is 3.19. The molecule has 3 rings (SSSR count). The van der Waals surface area contributed by atoms with Gasteiger partial charge in [0.1, 0.15) is 5.75 Å². The van der Waals surface area contributed by atoms with Crippen LogP contribution in [-0.2, 0) is 19.1 Å². The lowest BCUT2D eigenvalue weighted by atomic mass is 10.1. The zero-order valence-electron chi connectivity index (χ0n) is 19.3. The lowest BCUT2D eigenvalue weighted by molar-refractivity contribution is -0.126. The van der Waals surface area contributed by atoms with E-state index in [9.17, 15) is 14.4 Å². The summed E-state index contributed by atoms with van der Waals surface area (Å²) in [4.78, 5) is 38.6. The zero-order valence-corrected chi connectivity index (χ0v) is 19.3. The van der Waals surface area contributed by atoms with Gasteiger partial charge in [-0.1, -0.05) is 17.7 Å². The van der Waals surface area contributed by atoms with Gasteiger partial charge in [-0.2, -0.15) is 0 Å². The minimum Gasteiger partial charge on any atom is -0.484 e. The van der Waals surface area contributed by atoms with Gasteiger partial charge in [0.2, 0.25) is 11.8 Å². The Hall–Kier alpha value is -3.39. The average molecular weight is 454 g/mol. The second-order valence-electron chi connectivity index (χ2n) is 8.19. The molecule has 1 fully saturated rings. The largest absolute Gasteiger partial charge is 0.484 e. The van der Waals surface area contributed by atoms with Gasteiger partial charge in [0.25, 0.3) is 5.91 Å². The fourth-order valence-corrected chi connectivity index (χ4v) is 3.72. The van der Waals surface area contributed by atoms with Gasteiger partial charge in [-0.3, -0.25) is 14.4 Å². The van der Waals surface area contributed by atoms with Crippen LogP contribution >= 0.6 is 0 Å². The normalized spacial score (nSPS) is 15.4. The fraction of sp³-hybridized carbons (Fsp3) is 0.400. The molecule has 0 aromatic heterocycles. The number of ether oxygens (including phenoxy) is 2. The van der Waals surface area contributed by atoms with Crippen molar-refractivity contribution in [3.63, 3.8) is 0 Å². The maximum absolute atomic E-state index is 12.4. The molecule has 8 heteroatoms. The van der Waals surface area contributed by atoms with Gasteiger partial charge in [0.05, 0.1) is 5.92 Å². The molecule has 0 bridgehead atoms. The predicted molar refractivity (Wildman–Crippen MR) is 126 cm³/mol. The first-order chi connectivity index (χ1) is 15.9. The van der Waals surface area contributed by atoms with Crippen molar-refractivity contribution in [3.8, 4) is 5.75 Å². The molecule has 1 atom stereocenters. The molecule has 0 unspecified atom stereocenters. The summed E-state index contributed by atoms with van der Waals surface area (Å²) in [5, 5.41) is 5.70. The molecule has 0 saturated carbocycles. The highest BCUT2D eigenvalue weighted by atomic mass is 16.5. The van der Waals surface area contributed by atoms with Crippen molar-refractivity contribution in [2.45, 2.75) is 26.7 Å². The van der Waals surface area contributed by atoms with E-state index in [1.165, 1.54) is 0 Å². The van der Waals surface area contributed by atoms with E-state index in [0.717, 1.165) is 23.2 Å². The van der Waals surface area contributed by atoms with E-state index in [-0.39, 0.29) is 36.7 Å². The van der Waals surface area contributed by atoms with Crippen molar-refractivity contribution in [2.24, 2.45) is 5.92 Å². The van der Waals surface area contributed by atoms with Crippen molar-refractivity contribution in [1.82, 2.24) is 5.32 Å². The summed E-state index contributed by atoms with van der Waals surface area (Å²) in [7, 11) is 1.62. The quantitative estimate of drug-likeness (QED) is 0.539. The number of amides is 3. The molecule has 3 amide bonds. The molecule has 1 aliphatic heterocycles. The third-order valence-corrected chi connectivity index (χ3v) is 5.49. The second kappa shape index (κ2) is 11.5. The number of methoxy groups -OCH3 is 1. The van der Waals surface area contributed by atoms with Crippen LogP contribution in [0.3, 0.4) is 0 Å². The summed E-state index contributed by atoms with van der Waals surface area (Å²) in [5.74, 6) is -0.302. The number of hydrogen-bond donors (Lipinski definition) is 2. The minimum atomic E-state index is -0.370. The van der Waals surface area contributed by atoms with Gasteiger partial charge in [0, 0.05) is 44.6 Å². The van der Waals surface area contributed by atoms with Crippen LogP contribution in [0.15, 0.2) is 42.5 Å². The number of hydrogen-bond acceptors (Lipinski definition) is 5. The molecule has 0 aliphatic carbocycles. The summed E-state index contributed by atoms with van der Waals surface area (Å²) < 4.78 is 10.6. The fourth-order valence-electron chi connectivity index (χ4n) is 3.72. The Labute approximate surface area is 194 Å². The van der Waals surface area contributed by atoms with E-state index in [1.807, 2.05) is 32.0 Å². The van der Waals surface area contributed by atoms with Crippen LogP contribution in [0.4, 0.5) is 11.4 Å². The van der Waals surface area contributed by atoms with Crippen molar-refractivity contribution < 1.29 is 23.9 Å². The molecular formula is C25H31N3O5. The third kappa shape index (κ3) is 6.79. The van der Waals surface area contributed by atoms with Gasteiger partial charge in [-0.15, -0.1) is 0 Å². The van der Waals surface area contributed by atoms with E-state index in [2.05, 4.69) is 10.6 Å². The Kier molecular flexibility index (Phi) is 8.43. The zero-order chi connectivity index (χ0) is 23.8. The van der Waals surface area contributed by atoms with Crippen LogP contribution in [0, 0.1) is 19.8 Å². The number of carbonyl (C=O) groups is 3. The Balaban J connectivity index is 1.49. The molecule has 1 aliphatic rings. The Morgan fingerprint density at radius 2 is 1.88 bits per heavy atom. The number of carbonyl (C=O) groups excluding carboxylic acids is 3. The molecule has 0 radical (unpaired) electrons. The number of benzene rings is 2. The van der Waals surface area contributed by atoms with Crippen molar-refractivity contribution >= 4 is 29.1 Å². The van der Waals surface area contributed by atoms with Crippen LogP contribution < -0.4 is 20.3 Å². The van der Waals surface area contributed by atoms with E-state index < -0.39 is 0 Å². The smallest absolute Gasteiger partial charge is 0.262 e. The number of aryl methyl sites for hydroxylation is 2. The van der Waals surface area contributed by atoms with E-state index in [0.29, 0.717) is 31.1 Å². The molecule has 1 saturated heterocycles. The number of anilines is 2. The molecule has 2 N–H and O–H groups in total. The first kappa shape index (κ1) is 24.3. The maximum atomic E-state index is 12.4. The second-order valence-corrected chi connectivity index (χ2v) is 8.19. The number of nitrogens with one attached hydrogen (secondary N) is 2. The standard InChI is InChI=1S/C25H31N3O5/c1-17-5-10-22(18(2)13-17)27-23(29)16-33-21-8-6-20(7-9-21)28-15-19(14-24(28)30)25(31)26-11-4-12-32-3/h5-10,13,19H,4,11-12,14-16H2,1-3H3,(H,26,31)(H,27,29)/t19-/m1/s1. The van der Waals surface area contributed by atoms with Gasteiger partial charge < -0.3 is 25.0 Å². The number of nitrogens with zero attached hydrogens (tertiary/aromatic N) is 1. The highest BCUT2D eigenvalue weighted by Gasteiger charge is 2.34. The first-order valence-corrected chi connectivity index (χ1v) is 11.0. The monoisotopic (exact) mass is 453 g/mol. The molecule has 33 heavy (non-hydrogen) atoms. The molecule has 176 valence electrons. The van der Waals surface area contributed by atoms with Crippen LogP contribution in [0.5, 0.6) is 5.75 Å².